The van der Waals surface area contributed by atoms with Crippen molar-refractivity contribution in [2.75, 3.05) is 13.1 Å². The van der Waals surface area contributed by atoms with Gasteiger partial charge < -0.3 is 10.6 Å². The number of allylic oxidation sites excluding steroid dienone is 2. The van der Waals surface area contributed by atoms with Gasteiger partial charge in [-0.1, -0.05) is 12.1 Å². The number of carbonyl (C=O) groups excluding carboxylic acids is 1. The molecule has 5 nitrogen and oxygen atoms in total. The molecule has 0 unspecified atom stereocenters. The van der Waals surface area contributed by atoms with E-state index in [0.717, 1.165) is 5.56 Å². The van der Waals surface area contributed by atoms with E-state index in [0.29, 0.717) is 41.1 Å². The highest BCUT2D eigenvalue weighted by Crippen LogP contribution is 2.30. The molecule has 0 saturated carbocycles. The van der Waals surface area contributed by atoms with Crippen LogP contribution in [0.3, 0.4) is 0 Å². The Morgan fingerprint density at radius 3 is 2.38 bits per heavy atom. The molecule has 2 aromatic carbocycles. The minimum atomic E-state index is -0.538. The second kappa shape index (κ2) is 7.88. The van der Waals surface area contributed by atoms with Crippen LogP contribution in [0.4, 0.5) is 4.39 Å². The number of nitriles is 1. The van der Waals surface area contributed by atoms with Crippen molar-refractivity contribution in [1.82, 2.24) is 4.90 Å². The summed E-state index contributed by atoms with van der Waals surface area (Å²) in [5.74, 6) is -0.494. The van der Waals surface area contributed by atoms with Gasteiger partial charge in [0.25, 0.3) is 5.91 Å². The van der Waals surface area contributed by atoms with E-state index < -0.39 is 5.82 Å². The summed E-state index contributed by atoms with van der Waals surface area (Å²) in [6.07, 6.45) is 0. The van der Waals surface area contributed by atoms with Crippen LogP contribution in [0.1, 0.15) is 52.4 Å². The number of amides is 1. The van der Waals surface area contributed by atoms with Crippen molar-refractivity contribution < 1.29 is 9.18 Å². The molecule has 148 valence electrons. The van der Waals surface area contributed by atoms with Gasteiger partial charge in [0.1, 0.15) is 5.82 Å². The molecule has 1 aliphatic rings. The number of hydrogen-bond acceptors (Lipinski definition) is 4. The molecule has 3 N–H and O–H groups in total. The molecule has 0 aliphatic carbocycles. The molecule has 2 aromatic rings. The predicted molar refractivity (Wildman–Crippen MR) is 110 cm³/mol. The van der Waals surface area contributed by atoms with Crippen molar-refractivity contribution in [2.24, 2.45) is 5.73 Å². The Balaban J connectivity index is 1.80. The lowest BCUT2D eigenvalue weighted by molar-refractivity contribution is 0.0601. The molecule has 0 radical (unpaired) electrons. The van der Waals surface area contributed by atoms with Crippen LogP contribution in [0.5, 0.6) is 0 Å². The number of nitrogens with one attached hydrogen (secondary N) is 1. The number of carbonyl (C=O) groups is 1. The molecule has 0 atom stereocenters. The summed E-state index contributed by atoms with van der Waals surface area (Å²) in [4.78, 5) is 14.7. The monoisotopic (exact) mass is 390 g/mol. The van der Waals surface area contributed by atoms with Crippen LogP contribution in [0, 0.1) is 29.5 Å². The molecule has 0 spiro atoms. The third kappa shape index (κ3) is 3.90. The summed E-state index contributed by atoms with van der Waals surface area (Å²) in [5, 5.41) is 17.1. The van der Waals surface area contributed by atoms with Gasteiger partial charge in [-0.15, -0.1) is 0 Å². The van der Waals surface area contributed by atoms with Gasteiger partial charge in [0.2, 0.25) is 0 Å². The number of nitrogens with two attached hydrogens (primary N) is 1. The van der Waals surface area contributed by atoms with Gasteiger partial charge in [-0.25, -0.2) is 4.39 Å². The largest absolute Gasteiger partial charge is 0.402 e. The maximum absolute atomic E-state index is 14.5. The molecule has 1 amide bonds. The predicted octanol–water partition coefficient (Wildman–Crippen LogP) is 3.87. The van der Waals surface area contributed by atoms with Gasteiger partial charge in [-0.05, 0) is 61.7 Å². The maximum atomic E-state index is 14.5. The van der Waals surface area contributed by atoms with Crippen molar-refractivity contribution in [3.63, 3.8) is 0 Å². The second-order valence-electron chi connectivity index (χ2n) is 7.47. The van der Waals surface area contributed by atoms with E-state index in [1.54, 1.807) is 37.8 Å². The van der Waals surface area contributed by atoms with Gasteiger partial charge in [0.05, 0.1) is 17.3 Å². The van der Waals surface area contributed by atoms with Crippen LogP contribution in [0.15, 0.2) is 47.7 Å². The number of hydrogen-bond donors (Lipinski definition) is 2. The summed E-state index contributed by atoms with van der Waals surface area (Å²) in [6, 6.07) is 12.2. The number of halogens is 1. The Morgan fingerprint density at radius 2 is 1.83 bits per heavy atom. The lowest BCUT2D eigenvalue weighted by atomic mass is 9.89. The topological polar surface area (TPSA) is 94.0 Å². The first-order valence-corrected chi connectivity index (χ1v) is 9.34. The van der Waals surface area contributed by atoms with E-state index in [1.807, 2.05) is 12.1 Å². The zero-order valence-electron chi connectivity index (χ0n) is 16.7. The van der Waals surface area contributed by atoms with Crippen molar-refractivity contribution in [2.45, 2.75) is 26.7 Å². The normalized spacial score (nSPS) is 14.7. The maximum Gasteiger partial charge on any atom is 0.254 e. The lowest BCUT2D eigenvalue weighted by Gasteiger charge is -2.40. The first-order valence-electron chi connectivity index (χ1n) is 9.34. The van der Waals surface area contributed by atoms with Gasteiger partial charge >= 0.3 is 0 Å². The first-order chi connectivity index (χ1) is 13.7. The standard InChI is InChI=1S/C23H23FN4O/c1-13-8-21(24)20(22(27)14(2)15(3)26)9-19(13)23(29)28-11-18(12-28)17-6-4-16(10-25)5-7-17/h4-9,18,27H,11-12,26H2,1-3H3/b15-14-,27-22?. The van der Waals surface area contributed by atoms with Crippen molar-refractivity contribution in [3.8, 4) is 6.07 Å². The Hall–Kier alpha value is -3.46. The molecular formula is C23H23FN4O. The van der Waals surface area contributed by atoms with E-state index in [2.05, 4.69) is 6.07 Å². The van der Waals surface area contributed by atoms with E-state index in [9.17, 15) is 9.18 Å². The van der Waals surface area contributed by atoms with Gasteiger partial charge in [-0.3, -0.25) is 10.2 Å². The number of likely N-dealkylation sites (tertiary alicyclic amines) is 1. The number of nitrogens with zero attached hydrogens (tertiary/aromatic N) is 2. The number of aryl methyl sites for hydroxylation is 1. The lowest BCUT2D eigenvalue weighted by Crippen LogP contribution is -2.48. The van der Waals surface area contributed by atoms with E-state index in [-0.39, 0.29) is 23.1 Å². The van der Waals surface area contributed by atoms with Crippen LogP contribution in [0.2, 0.25) is 0 Å². The molecule has 0 aromatic heterocycles. The average Bonchev–Trinajstić information content (AvgIpc) is 2.66. The van der Waals surface area contributed by atoms with Gasteiger partial charge in [-0.2, -0.15) is 5.26 Å². The summed E-state index contributed by atoms with van der Waals surface area (Å²) in [7, 11) is 0. The quantitative estimate of drug-likeness (QED) is 0.776. The number of rotatable bonds is 4. The minimum Gasteiger partial charge on any atom is -0.402 e. The molecule has 3 rings (SSSR count). The molecule has 6 heteroatoms. The summed E-state index contributed by atoms with van der Waals surface area (Å²) in [5.41, 5.74) is 9.35. The highest BCUT2D eigenvalue weighted by Gasteiger charge is 2.33. The molecular weight excluding hydrogens is 367 g/mol. The SMILES string of the molecule is C/C(N)=C(\C)C(=N)c1cc(C(=O)N2CC(c3ccc(C#N)cc3)C2)c(C)cc1F. The smallest absolute Gasteiger partial charge is 0.254 e. The van der Waals surface area contributed by atoms with Gasteiger partial charge in [0.15, 0.2) is 0 Å². The fourth-order valence-electron chi connectivity index (χ4n) is 3.35. The summed E-state index contributed by atoms with van der Waals surface area (Å²) >= 11 is 0. The van der Waals surface area contributed by atoms with Crippen molar-refractivity contribution in [3.05, 3.63) is 81.3 Å². The Bertz CT molecular complexity index is 1050. The van der Waals surface area contributed by atoms with Crippen LogP contribution in [-0.4, -0.2) is 29.6 Å². The van der Waals surface area contributed by atoms with Crippen LogP contribution >= 0.6 is 0 Å². The summed E-state index contributed by atoms with van der Waals surface area (Å²) < 4.78 is 14.5. The molecule has 1 saturated heterocycles. The molecule has 1 heterocycles. The number of benzene rings is 2. The van der Waals surface area contributed by atoms with Crippen molar-refractivity contribution >= 4 is 11.6 Å². The first kappa shape index (κ1) is 20.3. The van der Waals surface area contributed by atoms with Crippen LogP contribution < -0.4 is 5.73 Å². The van der Waals surface area contributed by atoms with Crippen molar-refractivity contribution in [1.29, 1.82) is 10.7 Å². The summed E-state index contributed by atoms with van der Waals surface area (Å²) in [6.45, 7) is 6.14. The zero-order chi connectivity index (χ0) is 21.3. The third-order valence-corrected chi connectivity index (χ3v) is 5.46. The molecule has 29 heavy (non-hydrogen) atoms. The van der Waals surface area contributed by atoms with E-state index in [4.69, 9.17) is 16.4 Å². The minimum absolute atomic E-state index is 0.0179. The molecule has 1 aliphatic heterocycles. The molecule has 1 fully saturated rings. The Labute approximate surface area is 169 Å². The van der Waals surface area contributed by atoms with E-state index in [1.165, 1.54) is 12.1 Å². The second-order valence-corrected chi connectivity index (χ2v) is 7.47. The van der Waals surface area contributed by atoms with Gasteiger partial charge in [0, 0.05) is 35.8 Å². The third-order valence-electron chi connectivity index (χ3n) is 5.46. The van der Waals surface area contributed by atoms with Crippen LogP contribution in [-0.2, 0) is 0 Å². The Morgan fingerprint density at radius 1 is 1.21 bits per heavy atom. The van der Waals surface area contributed by atoms with E-state index >= 15 is 0 Å². The fourth-order valence-corrected chi connectivity index (χ4v) is 3.35. The highest BCUT2D eigenvalue weighted by atomic mass is 19.1. The fraction of sp³-hybridized carbons (Fsp3) is 0.261. The average molecular weight is 390 g/mol. The highest BCUT2D eigenvalue weighted by molar-refractivity contribution is 6.12. The molecule has 0 bridgehead atoms. The zero-order valence-corrected chi connectivity index (χ0v) is 16.7. The van der Waals surface area contributed by atoms with Crippen LogP contribution in [0.25, 0.3) is 0 Å². The Kier molecular flexibility index (Phi) is 5.51.